The van der Waals surface area contributed by atoms with Crippen molar-refractivity contribution in [3.05, 3.63) is 40.9 Å². The maximum absolute atomic E-state index is 12.7. The minimum Gasteiger partial charge on any atom is -0.459 e. The van der Waals surface area contributed by atoms with Gasteiger partial charge in [-0.25, -0.2) is 4.98 Å². The van der Waals surface area contributed by atoms with Gasteiger partial charge in [0.05, 0.1) is 5.69 Å². The van der Waals surface area contributed by atoms with Crippen LogP contribution >= 0.6 is 11.3 Å². The van der Waals surface area contributed by atoms with E-state index in [9.17, 15) is 9.59 Å². The zero-order valence-corrected chi connectivity index (χ0v) is 16.6. The van der Waals surface area contributed by atoms with E-state index in [4.69, 9.17) is 9.47 Å². The number of carbonyl (C=O) groups excluding carboxylic acids is 2. The van der Waals surface area contributed by atoms with Crippen molar-refractivity contribution >= 4 is 34.1 Å². The third-order valence-corrected chi connectivity index (χ3v) is 5.94. The molecule has 4 rings (SSSR count). The molecule has 0 aliphatic carbocycles. The fourth-order valence-corrected chi connectivity index (χ4v) is 4.79. The van der Waals surface area contributed by atoms with Crippen molar-refractivity contribution in [1.82, 2.24) is 4.98 Å². The van der Waals surface area contributed by atoms with E-state index in [1.807, 2.05) is 57.3 Å². The van der Waals surface area contributed by atoms with Crippen LogP contribution in [0.4, 0.5) is 10.8 Å². The summed E-state index contributed by atoms with van der Waals surface area (Å²) in [5.74, 6) is -1.00. The quantitative estimate of drug-likeness (QED) is 0.633. The van der Waals surface area contributed by atoms with Crippen molar-refractivity contribution in [2.45, 2.75) is 51.7 Å². The lowest BCUT2D eigenvalue weighted by atomic mass is 9.75. The van der Waals surface area contributed by atoms with Gasteiger partial charge < -0.3 is 14.8 Å². The van der Waals surface area contributed by atoms with E-state index in [0.717, 1.165) is 5.69 Å². The van der Waals surface area contributed by atoms with Crippen LogP contribution in [0.2, 0.25) is 0 Å². The fourth-order valence-electron chi connectivity index (χ4n) is 3.94. The number of aryl methyl sites for hydroxylation is 1. The number of benzene rings is 1. The van der Waals surface area contributed by atoms with Gasteiger partial charge in [-0.3, -0.25) is 9.59 Å². The maximum Gasteiger partial charge on any atom is 0.324 e. The van der Waals surface area contributed by atoms with Crippen LogP contribution in [0.3, 0.4) is 0 Å². The second kappa shape index (κ2) is 5.79. The highest BCUT2D eigenvalue weighted by Crippen LogP contribution is 2.54. The van der Waals surface area contributed by atoms with Gasteiger partial charge in [0.15, 0.2) is 16.1 Å². The summed E-state index contributed by atoms with van der Waals surface area (Å²) in [6.45, 7) is 7.47. The normalized spacial score (nSPS) is 29.0. The van der Waals surface area contributed by atoms with Crippen molar-refractivity contribution in [2.75, 3.05) is 5.32 Å². The van der Waals surface area contributed by atoms with Crippen LogP contribution in [0, 0.1) is 12.3 Å². The first-order chi connectivity index (χ1) is 12.6. The number of nitrogens with zero attached hydrogens (tertiary/aromatic N) is 1. The minimum atomic E-state index is -1.23. The SMILES string of the molecule is Cc1ccc(Nc2nc([C@]3(C)C[C@@]4(CC(C)(C)OC4=O)C(=O)O3)cs2)cc1. The molecule has 2 aromatic rings. The molecule has 3 heterocycles. The number of ether oxygens (including phenoxy) is 2. The van der Waals surface area contributed by atoms with Crippen LogP contribution in [-0.2, 0) is 24.7 Å². The molecule has 7 heteroatoms. The molecule has 0 unspecified atom stereocenters. The smallest absolute Gasteiger partial charge is 0.324 e. The van der Waals surface area contributed by atoms with Gasteiger partial charge in [0, 0.05) is 23.9 Å². The second-order valence-electron chi connectivity index (χ2n) is 8.23. The van der Waals surface area contributed by atoms with Gasteiger partial charge in [0.1, 0.15) is 5.60 Å². The number of anilines is 2. The van der Waals surface area contributed by atoms with Crippen LogP contribution in [0.15, 0.2) is 29.6 Å². The van der Waals surface area contributed by atoms with Crippen molar-refractivity contribution in [3.8, 4) is 0 Å². The number of cyclic esters (lactones) is 2. The van der Waals surface area contributed by atoms with E-state index in [-0.39, 0.29) is 6.42 Å². The first-order valence-corrected chi connectivity index (χ1v) is 9.77. The Morgan fingerprint density at radius 3 is 2.33 bits per heavy atom. The lowest BCUT2D eigenvalue weighted by molar-refractivity contribution is -0.161. The molecule has 2 aliphatic rings. The summed E-state index contributed by atoms with van der Waals surface area (Å²) in [4.78, 5) is 29.7. The molecule has 1 aromatic heterocycles. The van der Waals surface area contributed by atoms with Crippen LogP contribution in [0.25, 0.3) is 0 Å². The predicted octanol–water partition coefficient (Wildman–Crippen LogP) is 4.07. The van der Waals surface area contributed by atoms with Crippen molar-refractivity contribution < 1.29 is 19.1 Å². The topological polar surface area (TPSA) is 77.5 Å². The van der Waals surface area contributed by atoms with Gasteiger partial charge in [0.25, 0.3) is 0 Å². The lowest BCUT2D eigenvalue weighted by Crippen LogP contribution is -2.32. The molecule has 0 saturated carbocycles. The van der Waals surface area contributed by atoms with Crippen molar-refractivity contribution in [1.29, 1.82) is 0 Å². The molecule has 142 valence electrons. The summed E-state index contributed by atoms with van der Waals surface area (Å²) in [5, 5.41) is 5.84. The Morgan fingerprint density at radius 1 is 1.04 bits per heavy atom. The summed E-state index contributed by atoms with van der Waals surface area (Å²) in [5.41, 5.74) is -0.0752. The van der Waals surface area contributed by atoms with Gasteiger partial charge in [-0.05, 0) is 39.8 Å². The van der Waals surface area contributed by atoms with E-state index < -0.39 is 28.6 Å². The highest BCUT2D eigenvalue weighted by atomic mass is 32.1. The van der Waals surface area contributed by atoms with Crippen LogP contribution in [0.5, 0.6) is 0 Å². The molecule has 0 radical (unpaired) electrons. The molecular formula is C20H22N2O4S. The van der Waals surface area contributed by atoms with Gasteiger partial charge in [-0.15, -0.1) is 11.3 Å². The van der Waals surface area contributed by atoms with Crippen molar-refractivity contribution in [2.24, 2.45) is 5.41 Å². The van der Waals surface area contributed by atoms with E-state index in [1.165, 1.54) is 16.9 Å². The van der Waals surface area contributed by atoms with Crippen LogP contribution in [-0.4, -0.2) is 22.5 Å². The average Bonchev–Trinajstić information content (AvgIpc) is 3.19. The summed E-state index contributed by atoms with van der Waals surface area (Å²) in [6, 6.07) is 8.01. The minimum absolute atomic E-state index is 0.245. The van der Waals surface area contributed by atoms with E-state index >= 15 is 0 Å². The Bertz CT molecular complexity index is 920. The van der Waals surface area contributed by atoms with Gasteiger partial charge in [-0.1, -0.05) is 17.7 Å². The number of aromatic nitrogens is 1. The first-order valence-electron chi connectivity index (χ1n) is 8.89. The Kier molecular flexibility index (Phi) is 3.86. The summed E-state index contributed by atoms with van der Waals surface area (Å²) in [7, 11) is 0. The molecule has 2 atom stereocenters. The lowest BCUT2D eigenvalue weighted by Gasteiger charge is -2.20. The van der Waals surface area contributed by atoms with Gasteiger partial charge >= 0.3 is 11.9 Å². The molecule has 0 bridgehead atoms. The molecule has 1 N–H and O–H groups in total. The van der Waals surface area contributed by atoms with Gasteiger partial charge in [0.2, 0.25) is 0 Å². The summed E-state index contributed by atoms with van der Waals surface area (Å²) < 4.78 is 11.1. The molecular weight excluding hydrogens is 364 g/mol. The fraction of sp³-hybridized carbons (Fsp3) is 0.450. The maximum atomic E-state index is 12.7. The number of rotatable bonds is 3. The first kappa shape index (κ1) is 18.0. The Balaban J connectivity index is 1.57. The molecule has 0 amide bonds. The number of hydrogen-bond donors (Lipinski definition) is 1. The average molecular weight is 386 g/mol. The zero-order valence-electron chi connectivity index (χ0n) is 15.8. The third-order valence-electron chi connectivity index (χ3n) is 5.18. The zero-order chi connectivity index (χ0) is 19.4. The second-order valence-corrected chi connectivity index (χ2v) is 9.09. The number of thiazole rings is 1. The highest BCUT2D eigenvalue weighted by molar-refractivity contribution is 7.13. The monoisotopic (exact) mass is 386 g/mol. The molecule has 1 aromatic carbocycles. The molecule has 27 heavy (non-hydrogen) atoms. The van der Waals surface area contributed by atoms with E-state index in [1.54, 1.807) is 0 Å². The highest BCUT2D eigenvalue weighted by Gasteiger charge is 2.67. The summed E-state index contributed by atoms with van der Waals surface area (Å²) >= 11 is 1.44. The van der Waals surface area contributed by atoms with E-state index in [2.05, 4.69) is 10.3 Å². The third kappa shape index (κ3) is 3.00. The Labute approximate surface area is 161 Å². The molecule has 2 saturated heterocycles. The molecule has 6 nitrogen and oxygen atoms in total. The Hall–Kier alpha value is -2.41. The number of carbonyl (C=O) groups is 2. The largest absolute Gasteiger partial charge is 0.459 e. The van der Waals surface area contributed by atoms with Crippen LogP contribution < -0.4 is 5.32 Å². The number of nitrogens with one attached hydrogen (secondary N) is 1. The van der Waals surface area contributed by atoms with E-state index in [0.29, 0.717) is 17.2 Å². The van der Waals surface area contributed by atoms with Crippen LogP contribution in [0.1, 0.15) is 44.9 Å². The summed E-state index contributed by atoms with van der Waals surface area (Å²) in [6.07, 6.45) is 0.570. The number of esters is 2. The Morgan fingerprint density at radius 2 is 1.70 bits per heavy atom. The molecule has 2 aliphatic heterocycles. The number of hydrogen-bond acceptors (Lipinski definition) is 7. The predicted molar refractivity (Wildman–Crippen MR) is 102 cm³/mol. The van der Waals surface area contributed by atoms with Crippen molar-refractivity contribution in [3.63, 3.8) is 0 Å². The molecule has 2 fully saturated rings. The molecule has 1 spiro atoms. The van der Waals surface area contributed by atoms with Gasteiger partial charge in [-0.2, -0.15) is 0 Å². The standard InChI is InChI=1S/C20H22N2O4S/c1-12-5-7-13(8-6-12)21-17-22-14(9-27-17)19(4)11-20(16(24)26-19)10-18(2,3)25-15(20)23/h5-9H,10-11H2,1-4H3,(H,21,22)/t19-,20+/m0/s1.